The SMILES string of the molecule is CC1=CC=CC(NC(=O)c2cn3cc(Cl)ccc3n2)C=C1.CC1=NOC(C(C)(C)C)=C=C1. The van der Waals surface area contributed by atoms with Gasteiger partial charge in [0.2, 0.25) is 0 Å². The van der Waals surface area contributed by atoms with E-state index in [4.69, 9.17) is 16.4 Å². The van der Waals surface area contributed by atoms with Gasteiger partial charge < -0.3 is 14.6 Å². The number of pyridine rings is 1. The van der Waals surface area contributed by atoms with E-state index in [0.717, 1.165) is 17.0 Å². The zero-order valence-corrected chi connectivity index (χ0v) is 19.6. The number of allylic oxidation sites excluding steroid dienone is 5. The minimum absolute atomic E-state index is 0.000694. The van der Waals surface area contributed by atoms with Gasteiger partial charge in [-0.1, -0.05) is 79.2 Å². The van der Waals surface area contributed by atoms with Crippen LogP contribution in [0.1, 0.15) is 45.1 Å². The number of amides is 1. The van der Waals surface area contributed by atoms with Gasteiger partial charge in [0.15, 0.2) is 5.76 Å². The number of hydrogen-bond donors (Lipinski definition) is 1. The molecule has 3 heterocycles. The second-order valence-electron chi connectivity index (χ2n) is 8.58. The number of carbonyl (C=O) groups is 1. The molecule has 2 aromatic heterocycles. The normalized spacial score (nSPS) is 17.4. The van der Waals surface area contributed by atoms with Crippen LogP contribution < -0.4 is 5.32 Å². The van der Waals surface area contributed by atoms with Crippen LogP contribution in [0.2, 0.25) is 5.02 Å². The first-order valence-corrected chi connectivity index (χ1v) is 10.7. The van der Waals surface area contributed by atoms with Gasteiger partial charge in [0.05, 0.1) is 16.8 Å². The molecule has 0 radical (unpaired) electrons. The molecular formula is C25H27ClN4O2. The first-order chi connectivity index (χ1) is 15.1. The van der Waals surface area contributed by atoms with Crippen LogP contribution in [0.15, 0.2) is 83.2 Å². The lowest BCUT2D eigenvalue weighted by Crippen LogP contribution is -2.32. The number of aromatic nitrogens is 2. The fourth-order valence-electron chi connectivity index (χ4n) is 2.79. The van der Waals surface area contributed by atoms with Crippen molar-refractivity contribution >= 4 is 28.9 Å². The average molecular weight is 451 g/mol. The molecule has 1 unspecified atom stereocenters. The van der Waals surface area contributed by atoms with Crippen molar-refractivity contribution in [3.63, 3.8) is 0 Å². The number of hydrogen-bond acceptors (Lipinski definition) is 4. The summed E-state index contributed by atoms with van der Waals surface area (Å²) in [4.78, 5) is 21.7. The predicted molar refractivity (Wildman–Crippen MR) is 129 cm³/mol. The number of halogens is 1. The van der Waals surface area contributed by atoms with Crippen LogP contribution >= 0.6 is 11.6 Å². The highest BCUT2D eigenvalue weighted by Gasteiger charge is 2.20. The summed E-state index contributed by atoms with van der Waals surface area (Å²) in [6.45, 7) is 10.1. The number of carbonyl (C=O) groups excluding carboxylic acids is 1. The Kier molecular flexibility index (Phi) is 7.18. The Morgan fingerprint density at radius 3 is 2.69 bits per heavy atom. The number of rotatable bonds is 2. The summed E-state index contributed by atoms with van der Waals surface area (Å²) in [7, 11) is 0. The summed E-state index contributed by atoms with van der Waals surface area (Å²) in [6.07, 6.45) is 15.0. The van der Waals surface area contributed by atoms with Crippen molar-refractivity contribution in [2.24, 2.45) is 10.6 Å². The summed E-state index contributed by atoms with van der Waals surface area (Å²) in [5.41, 5.74) is 6.11. The molecule has 0 aromatic carbocycles. The highest BCUT2D eigenvalue weighted by atomic mass is 35.5. The molecule has 2 aromatic rings. The molecule has 0 bridgehead atoms. The molecule has 1 amide bonds. The van der Waals surface area contributed by atoms with Gasteiger partial charge >= 0.3 is 0 Å². The molecule has 1 aliphatic heterocycles. The molecule has 0 saturated carbocycles. The van der Waals surface area contributed by atoms with E-state index >= 15 is 0 Å². The monoisotopic (exact) mass is 450 g/mol. The molecule has 0 fully saturated rings. The third-order valence-corrected chi connectivity index (χ3v) is 4.79. The fraction of sp³-hybridized carbons (Fsp3) is 0.280. The first-order valence-electron chi connectivity index (χ1n) is 10.3. The van der Waals surface area contributed by atoms with Crippen LogP contribution in [0.3, 0.4) is 0 Å². The van der Waals surface area contributed by atoms with Crippen LogP contribution in [0.5, 0.6) is 0 Å². The summed E-state index contributed by atoms with van der Waals surface area (Å²) in [6, 6.07) is 3.38. The van der Waals surface area contributed by atoms with Crippen LogP contribution in [0, 0.1) is 5.41 Å². The predicted octanol–water partition coefficient (Wildman–Crippen LogP) is 5.64. The van der Waals surface area contributed by atoms with Crippen molar-refractivity contribution < 1.29 is 9.63 Å². The Morgan fingerprint density at radius 1 is 1.22 bits per heavy atom. The summed E-state index contributed by atoms with van der Waals surface area (Å²) in [5.74, 6) is 0.580. The third kappa shape index (κ3) is 6.33. The highest BCUT2D eigenvalue weighted by Crippen LogP contribution is 2.26. The van der Waals surface area contributed by atoms with Gasteiger partial charge in [0.1, 0.15) is 11.3 Å². The zero-order chi connectivity index (χ0) is 23.3. The third-order valence-electron chi connectivity index (χ3n) is 4.56. The molecule has 1 atom stereocenters. The van der Waals surface area contributed by atoms with Gasteiger partial charge in [-0.3, -0.25) is 4.79 Å². The quantitative estimate of drug-likeness (QED) is 0.602. The number of fused-ring (bicyclic) bond motifs is 1. The molecule has 32 heavy (non-hydrogen) atoms. The van der Waals surface area contributed by atoms with Gasteiger partial charge in [-0.25, -0.2) is 4.98 Å². The second-order valence-corrected chi connectivity index (χ2v) is 9.02. The van der Waals surface area contributed by atoms with Crippen LogP contribution in [-0.4, -0.2) is 27.0 Å². The van der Waals surface area contributed by atoms with E-state index in [-0.39, 0.29) is 17.4 Å². The molecule has 2 aliphatic rings. The topological polar surface area (TPSA) is 68.0 Å². The van der Waals surface area contributed by atoms with Crippen molar-refractivity contribution in [1.29, 1.82) is 0 Å². The average Bonchev–Trinajstić information content (AvgIpc) is 3.04. The molecular weight excluding hydrogens is 424 g/mol. The molecule has 1 aliphatic carbocycles. The lowest BCUT2D eigenvalue weighted by atomic mass is 9.94. The number of nitrogens with one attached hydrogen (secondary N) is 1. The van der Waals surface area contributed by atoms with E-state index in [2.05, 4.69) is 42.0 Å². The number of imidazole rings is 1. The lowest BCUT2D eigenvalue weighted by molar-refractivity contribution is 0.0946. The van der Waals surface area contributed by atoms with E-state index in [1.54, 1.807) is 28.9 Å². The highest BCUT2D eigenvalue weighted by molar-refractivity contribution is 6.30. The van der Waals surface area contributed by atoms with Gasteiger partial charge in [-0.2, -0.15) is 0 Å². The van der Waals surface area contributed by atoms with Crippen molar-refractivity contribution in [3.05, 3.63) is 88.8 Å². The molecule has 4 rings (SSSR count). The fourth-order valence-corrected chi connectivity index (χ4v) is 2.96. The molecule has 0 saturated heterocycles. The van der Waals surface area contributed by atoms with Gasteiger partial charge in [-0.15, -0.1) is 0 Å². The van der Waals surface area contributed by atoms with Gasteiger partial charge in [0.25, 0.3) is 5.91 Å². The van der Waals surface area contributed by atoms with Crippen LogP contribution in [0.4, 0.5) is 0 Å². The minimum Gasteiger partial charge on any atom is -0.352 e. The maximum atomic E-state index is 12.3. The maximum Gasteiger partial charge on any atom is 0.272 e. The van der Waals surface area contributed by atoms with Crippen LogP contribution in [-0.2, 0) is 4.84 Å². The first kappa shape index (κ1) is 23.3. The lowest BCUT2D eigenvalue weighted by Gasteiger charge is -2.19. The Hall–Kier alpha value is -3.34. The Labute approximate surface area is 193 Å². The zero-order valence-electron chi connectivity index (χ0n) is 18.9. The molecule has 7 heteroatoms. The number of oxime groups is 1. The maximum absolute atomic E-state index is 12.3. The van der Waals surface area contributed by atoms with Gasteiger partial charge in [-0.05, 0) is 26.0 Å². The molecule has 6 nitrogen and oxygen atoms in total. The van der Waals surface area contributed by atoms with E-state index in [9.17, 15) is 4.79 Å². The Morgan fingerprint density at radius 2 is 2.00 bits per heavy atom. The van der Waals surface area contributed by atoms with E-state index in [1.165, 1.54) is 0 Å². The van der Waals surface area contributed by atoms with Gasteiger partial charge in [0, 0.05) is 23.9 Å². The molecule has 166 valence electrons. The summed E-state index contributed by atoms with van der Waals surface area (Å²) in [5, 5.41) is 7.36. The van der Waals surface area contributed by atoms with E-state index < -0.39 is 0 Å². The van der Waals surface area contributed by atoms with Crippen molar-refractivity contribution in [3.8, 4) is 0 Å². The number of nitrogens with zero attached hydrogens (tertiary/aromatic N) is 3. The van der Waals surface area contributed by atoms with Crippen molar-refractivity contribution in [2.75, 3.05) is 0 Å². The standard InChI is InChI=1S/C16H14ClN3O.C9H13NO/c1-11-3-2-4-13(7-5-11)18-16(21)14-10-20-9-12(17)6-8-15(20)19-14;1-7-5-6-8(11-10-7)9(2,3)4/h2-10,13H,1H3,(H,18,21);5H,1-4H3. The second kappa shape index (κ2) is 9.86. The van der Waals surface area contributed by atoms with E-state index in [1.807, 2.05) is 50.3 Å². The van der Waals surface area contributed by atoms with Crippen molar-refractivity contribution in [2.45, 2.75) is 40.7 Å². The van der Waals surface area contributed by atoms with E-state index in [0.29, 0.717) is 16.4 Å². The molecule has 1 N–H and O–H groups in total. The Balaban J connectivity index is 0.000000222. The summed E-state index contributed by atoms with van der Waals surface area (Å²) >= 11 is 5.92. The summed E-state index contributed by atoms with van der Waals surface area (Å²) < 4.78 is 1.74. The Bertz CT molecular complexity index is 1200. The molecule has 0 spiro atoms. The van der Waals surface area contributed by atoms with Crippen molar-refractivity contribution in [1.82, 2.24) is 14.7 Å². The minimum atomic E-state index is -0.214. The van der Waals surface area contributed by atoms with Crippen LogP contribution in [0.25, 0.3) is 5.65 Å². The largest absolute Gasteiger partial charge is 0.352 e. The smallest absolute Gasteiger partial charge is 0.272 e.